The van der Waals surface area contributed by atoms with Crippen LogP contribution >= 0.6 is 27.5 Å². The lowest BCUT2D eigenvalue weighted by Crippen LogP contribution is -1.92. The number of aliphatic hydroxyl groups excluding tert-OH is 1. The number of benzene rings is 2. The fourth-order valence-corrected chi connectivity index (χ4v) is 2.34. The highest BCUT2D eigenvalue weighted by molar-refractivity contribution is 9.10. The Balaban J connectivity index is 2.31. The van der Waals surface area contributed by atoms with Crippen LogP contribution in [-0.4, -0.2) is 5.11 Å². The van der Waals surface area contributed by atoms with E-state index < -0.39 is 5.82 Å². The van der Waals surface area contributed by atoms with Crippen LogP contribution in [0.25, 0.3) is 0 Å². The van der Waals surface area contributed by atoms with E-state index in [1.165, 1.54) is 12.1 Å². The van der Waals surface area contributed by atoms with E-state index in [0.29, 0.717) is 16.0 Å². The second-order valence-corrected chi connectivity index (χ2v) is 5.31. The van der Waals surface area contributed by atoms with Gasteiger partial charge in [0.05, 0.1) is 16.1 Å². The standard InChI is InChI=1S/C14H11BrClFO2/c1-8-4-10(3-2-9(8)7-18)19-14-6-13(17)12(16)5-11(14)15/h2-6,18H,7H2,1H3. The molecule has 0 amide bonds. The number of hydrogen-bond acceptors (Lipinski definition) is 2. The molecule has 0 saturated carbocycles. The summed E-state index contributed by atoms with van der Waals surface area (Å²) in [6.07, 6.45) is 0. The molecule has 2 rings (SSSR count). The highest BCUT2D eigenvalue weighted by Crippen LogP contribution is 2.34. The predicted molar refractivity (Wildman–Crippen MR) is 76.3 cm³/mol. The minimum absolute atomic E-state index is 0.0224. The second-order valence-electron chi connectivity index (χ2n) is 4.05. The molecule has 0 saturated heterocycles. The third-order valence-electron chi connectivity index (χ3n) is 2.69. The van der Waals surface area contributed by atoms with E-state index in [4.69, 9.17) is 21.4 Å². The van der Waals surface area contributed by atoms with Crippen LogP contribution < -0.4 is 4.74 Å². The van der Waals surface area contributed by atoms with Crippen molar-refractivity contribution in [3.63, 3.8) is 0 Å². The van der Waals surface area contributed by atoms with Crippen LogP contribution in [0, 0.1) is 12.7 Å². The molecule has 19 heavy (non-hydrogen) atoms. The van der Waals surface area contributed by atoms with Gasteiger partial charge in [0.1, 0.15) is 17.3 Å². The van der Waals surface area contributed by atoms with Gasteiger partial charge in [-0.25, -0.2) is 4.39 Å². The van der Waals surface area contributed by atoms with Crippen LogP contribution in [0.1, 0.15) is 11.1 Å². The van der Waals surface area contributed by atoms with Gasteiger partial charge in [0.25, 0.3) is 0 Å². The molecule has 0 atom stereocenters. The molecule has 0 fully saturated rings. The lowest BCUT2D eigenvalue weighted by atomic mass is 10.1. The first-order chi connectivity index (χ1) is 9.01. The van der Waals surface area contributed by atoms with Crippen molar-refractivity contribution in [3.8, 4) is 11.5 Å². The minimum Gasteiger partial charge on any atom is -0.456 e. The van der Waals surface area contributed by atoms with Crippen LogP contribution in [0.3, 0.4) is 0 Å². The molecule has 2 nitrogen and oxygen atoms in total. The number of halogens is 3. The number of rotatable bonds is 3. The van der Waals surface area contributed by atoms with Crippen molar-refractivity contribution < 1.29 is 14.2 Å². The molecule has 0 aliphatic carbocycles. The van der Waals surface area contributed by atoms with Gasteiger partial charge in [0.15, 0.2) is 0 Å². The van der Waals surface area contributed by atoms with Crippen molar-refractivity contribution in [1.29, 1.82) is 0 Å². The highest BCUT2D eigenvalue weighted by atomic mass is 79.9. The van der Waals surface area contributed by atoms with Crippen molar-refractivity contribution in [3.05, 3.63) is 56.8 Å². The van der Waals surface area contributed by atoms with Gasteiger partial charge < -0.3 is 9.84 Å². The maximum atomic E-state index is 13.4. The Hall–Kier alpha value is -1.10. The van der Waals surface area contributed by atoms with Crippen molar-refractivity contribution in [2.75, 3.05) is 0 Å². The Morgan fingerprint density at radius 2 is 2.05 bits per heavy atom. The van der Waals surface area contributed by atoms with E-state index in [0.717, 1.165) is 11.1 Å². The Morgan fingerprint density at radius 3 is 2.68 bits per heavy atom. The zero-order chi connectivity index (χ0) is 14.0. The summed E-state index contributed by atoms with van der Waals surface area (Å²) in [5.41, 5.74) is 1.74. The average molecular weight is 346 g/mol. The van der Waals surface area contributed by atoms with E-state index in [-0.39, 0.29) is 11.6 Å². The smallest absolute Gasteiger partial charge is 0.145 e. The molecule has 0 bridgehead atoms. The van der Waals surface area contributed by atoms with Crippen molar-refractivity contribution >= 4 is 27.5 Å². The van der Waals surface area contributed by atoms with Gasteiger partial charge in [-0.15, -0.1) is 0 Å². The van der Waals surface area contributed by atoms with Gasteiger partial charge in [-0.05, 0) is 52.2 Å². The summed E-state index contributed by atoms with van der Waals surface area (Å²) in [6, 6.07) is 7.94. The largest absolute Gasteiger partial charge is 0.456 e. The Kier molecular flexibility index (Phi) is 4.45. The third-order valence-corrected chi connectivity index (χ3v) is 3.60. The number of ether oxygens (including phenoxy) is 1. The van der Waals surface area contributed by atoms with Gasteiger partial charge in [-0.2, -0.15) is 0 Å². The van der Waals surface area contributed by atoms with Gasteiger partial charge in [0.2, 0.25) is 0 Å². The van der Waals surface area contributed by atoms with E-state index >= 15 is 0 Å². The summed E-state index contributed by atoms with van der Waals surface area (Å²) in [4.78, 5) is 0. The van der Waals surface area contributed by atoms with Gasteiger partial charge in [-0.3, -0.25) is 0 Å². The molecule has 2 aromatic carbocycles. The molecular weight excluding hydrogens is 335 g/mol. The van der Waals surface area contributed by atoms with Crippen molar-refractivity contribution in [1.82, 2.24) is 0 Å². The topological polar surface area (TPSA) is 29.5 Å². The first-order valence-corrected chi connectivity index (χ1v) is 6.71. The SMILES string of the molecule is Cc1cc(Oc2cc(F)c(Cl)cc2Br)ccc1CO. The molecular formula is C14H11BrClFO2. The zero-order valence-electron chi connectivity index (χ0n) is 10.1. The molecule has 0 aliphatic rings. The summed E-state index contributed by atoms with van der Waals surface area (Å²) >= 11 is 8.93. The molecule has 1 N–H and O–H groups in total. The highest BCUT2D eigenvalue weighted by Gasteiger charge is 2.09. The second kappa shape index (κ2) is 5.90. The fraction of sp³-hybridized carbons (Fsp3) is 0.143. The summed E-state index contributed by atoms with van der Waals surface area (Å²) in [7, 11) is 0. The fourth-order valence-electron chi connectivity index (χ4n) is 1.62. The molecule has 0 spiro atoms. The number of aryl methyl sites for hydroxylation is 1. The van der Waals surface area contributed by atoms with Crippen molar-refractivity contribution in [2.45, 2.75) is 13.5 Å². The molecule has 0 aliphatic heterocycles. The van der Waals surface area contributed by atoms with Crippen LogP contribution in [0.15, 0.2) is 34.8 Å². The van der Waals surface area contributed by atoms with Crippen LogP contribution in [-0.2, 0) is 6.61 Å². The summed E-state index contributed by atoms with van der Waals surface area (Å²) in [5, 5.41) is 9.13. The first kappa shape index (κ1) is 14.3. The average Bonchev–Trinajstić information content (AvgIpc) is 2.36. The van der Waals surface area contributed by atoms with Crippen LogP contribution in [0.2, 0.25) is 5.02 Å². The predicted octanol–water partition coefficient (Wildman–Crippen LogP) is 4.83. The summed E-state index contributed by atoms with van der Waals surface area (Å²) in [6.45, 7) is 1.85. The molecule has 5 heteroatoms. The summed E-state index contributed by atoms with van der Waals surface area (Å²) < 4.78 is 19.6. The number of hydrogen-bond donors (Lipinski definition) is 1. The normalized spacial score (nSPS) is 10.6. The quantitative estimate of drug-likeness (QED) is 0.807. The first-order valence-electron chi connectivity index (χ1n) is 5.54. The minimum atomic E-state index is -0.538. The Bertz CT molecular complexity index is 617. The molecule has 0 heterocycles. The monoisotopic (exact) mass is 344 g/mol. The molecule has 2 aromatic rings. The lowest BCUT2D eigenvalue weighted by Gasteiger charge is -2.10. The van der Waals surface area contributed by atoms with E-state index in [9.17, 15) is 4.39 Å². The van der Waals surface area contributed by atoms with Crippen LogP contribution in [0.5, 0.6) is 11.5 Å². The van der Waals surface area contributed by atoms with E-state index in [2.05, 4.69) is 15.9 Å². The maximum absolute atomic E-state index is 13.4. The van der Waals surface area contributed by atoms with Gasteiger partial charge >= 0.3 is 0 Å². The van der Waals surface area contributed by atoms with E-state index in [1.807, 2.05) is 6.92 Å². The van der Waals surface area contributed by atoms with Crippen molar-refractivity contribution in [2.24, 2.45) is 0 Å². The maximum Gasteiger partial charge on any atom is 0.145 e. The zero-order valence-corrected chi connectivity index (χ0v) is 12.4. The number of aliphatic hydroxyl groups is 1. The third kappa shape index (κ3) is 3.26. The lowest BCUT2D eigenvalue weighted by molar-refractivity contribution is 0.281. The molecule has 0 aromatic heterocycles. The van der Waals surface area contributed by atoms with Gasteiger partial charge in [0, 0.05) is 6.07 Å². The van der Waals surface area contributed by atoms with E-state index in [1.54, 1.807) is 18.2 Å². The van der Waals surface area contributed by atoms with Crippen LogP contribution in [0.4, 0.5) is 4.39 Å². The molecule has 0 unspecified atom stereocenters. The Morgan fingerprint density at radius 1 is 1.32 bits per heavy atom. The molecule has 0 radical (unpaired) electrons. The summed E-state index contributed by atoms with van der Waals surface area (Å²) in [5.74, 6) is 0.374. The van der Waals surface area contributed by atoms with Gasteiger partial charge in [-0.1, -0.05) is 17.7 Å². The Labute approximate surface area is 123 Å². The molecule has 100 valence electrons.